The van der Waals surface area contributed by atoms with Crippen LogP contribution in [-0.4, -0.2) is 24.0 Å². The summed E-state index contributed by atoms with van der Waals surface area (Å²) < 4.78 is 12.5. The van der Waals surface area contributed by atoms with Gasteiger partial charge in [-0.25, -0.2) is 0 Å². The first kappa shape index (κ1) is 19.3. The number of pyridine rings is 1. The van der Waals surface area contributed by atoms with Crippen LogP contribution in [0.5, 0.6) is 5.75 Å². The molecule has 0 aliphatic carbocycles. The van der Waals surface area contributed by atoms with Gasteiger partial charge in [0.1, 0.15) is 17.9 Å². The normalized spacial score (nSPS) is 9.83. The Labute approximate surface area is 144 Å². The highest BCUT2D eigenvalue weighted by atomic mass is 35.5. The summed E-state index contributed by atoms with van der Waals surface area (Å²) in [7, 11) is 0. The quantitative estimate of drug-likeness (QED) is 0.256. The lowest BCUT2D eigenvalue weighted by Gasteiger charge is -2.05. The summed E-state index contributed by atoms with van der Waals surface area (Å²) in [5.74, 6) is 0.0310. The number of nitrogens with zero attached hydrogens (tertiary/aromatic N) is 2. The predicted octanol–water partition coefficient (Wildman–Crippen LogP) is -1.96. The zero-order valence-electron chi connectivity index (χ0n) is 12.6. The molecule has 0 aliphatic rings. The number of nitro benzene ring substituents is 1. The molecule has 9 heteroatoms. The van der Waals surface area contributed by atoms with Gasteiger partial charge in [-0.3, -0.25) is 14.9 Å². The molecule has 24 heavy (non-hydrogen) atoms. The maximum absolute atomic E-state index is 11.1. The molecule has 1 aromatic carbocycles. The summed E-state index contributed by atoms with van der Waals surface area (Å²) in [6, 6.07) is 9.14. The second-order valence-electron chi connectivity index (χ2n) is 4.61. The van der Waals surface area contributed by atoms with Gasteiger partial charge >= 0.3 is 0 Å². The molecule has 2 rings (SSSR count). The molecular formula is C15H16ClN3O5. The van der Waals surface area contributed by atoms with Crippen LogP contribution in [0.15, 0.2) is 48.8 Å². The Hall–Kier alpha value is -2.71. The number of nitro groups is 1. The van der Waals surface area contributed by atoms with E-state index in [0.717, 1.165) is 0 Å². The summed E-state index contributed by atoms with van der Waals surface area (Å²) in [5, 5.41) is 10.5. The van der Waals surface area contributed by atoms with Crippen LogP contribution in [-0.2, 0) is 11.5 Å². The van der Waals surface area contributed by atoms with Crippen molar-refractivity contribution < 1.29 is 36.2 Å². The fourth-order valence-electron chi connectivity index (χ4n) is 1.80. The van der Waals surface area contributed by atoms with Crippen molar-refractivity contribution in [3.8, 4) is 5.75 Å². The van der Waals surface area contributed by atoms with E-state index in [9.17, 15) is 14.9 Å². The fraction of sp³-hybridized carbons (Fsp3) is 0.200. The summed E-state index contributed by atoms with van der Waals surface area (Å²) >= 11 is 0. The predicted molar refractivity (Wildman–Crippen MR) is 79.7 cm³/mol. The van der Waals surface area contributed by atoms with Crippen LogP contribution in [0.3, 0.4) is 0 Å². The van der Waals surface area contributed by atoms with Crippen LogP contribution in [0.4, 0.5) is 5.69 Å². The van der Waals surface area contributed by atoms with Gasteiger partial charge in [-0.05, 0) is 18.2 Å². The number of nitrogens with two attached hydrogens (primary N) is 1. The van der Waals surface area contributed by atoms with E-state index in [2.05, 4.69) is 0 Å². The number of primary amides is 1. The first-order chi connectivity index (χ1) is 11.1. The third kappa shape index (κ3) is 5.82. The molecule has 2 aromatic rings. The molecule has 2 N–H and O–H groups in total. The number of aromatic nitrogens is 1. The van der Waals surface area contributed by atoms with Crippen molar-refractivity contribution in [2.45, 2.75) is 6.73 Å². The molecule has 0 saturated carbocycles. The second-order valence-corrected chi connectivity index (χ2v) is 4.61. The molecule has 8 nitrogen and oxygen atoms in total. The van der Waals surface area contributed by atoms with Crippen molar-refractivity contribution >= 4 is 11.6 Å². The number of halogens is 1. The minimum atomic E-state index is -0.499. The number of hydrogen-bond acceptors (Lipinski definition) is 5. The molecule has 0 saturated heterocycles. The molecular weight excluding hydrogens is 338 g/mol. The van der Waals surface area contributed by atoms with Crippen LogP contribution in [0.25, 0.3) is 0 Å². The summed E-state index contributed by atoms with van der Waals surface area (Å²) in [6.07, 6.45) is 3.35. The number of benzene rings is 1. The highest BCUT2D eigenvalue weighted by Crippen LogP contribution is 2.16. The topological polar surface area (TPSA) is 109 Å². The Morgan fingerprint density at radius 3 is 2.54 bits per heavy atom. The highest BCUT2D eigenvalue weighted by molar-refractivity contribution is 5.92. The van der Waals surface area contributed by atoms with Crippen LogP contribution in [0.1, 0.15) is 10.4 Å². The van der Waals surface area contributed by atoms with Crippen molar-refractivity contribution in [1.82, 2.24) is 0 Å². The minimum Gasteiger partial charge on any atom is -1.00 e. The largest absolute Gasteiger partial charge is 1.00 e. The molecule has 1 aromatic heterocycles. The first-order valence-corrected chi connectivity index (χ1v) is 6.80. The van der Waals surface area contributed by atoms with Crippen molar-refractivity contribution in [3.63, 3.8) is 0 Å². The Bertz CT molecular complexity index is 694. The average molecular weight is 354 g/mol. The van der Waals surface area contributed by atoms with E-state index in [-0.39, 0.29) is 24.8 Å². The van der Waals surface area contributed by atoms with Crippen molar-refractivity contribution in [2.24, 2.45) is 5.73 Å². The molecule has 0 bridgehead atoms. The number of non-ortho nitro benzene ring substituents is 1. The summed E-state index contributed by atoms with van der Waals surface area (Å²) in [4.78, 5) is 21.1. The van der Waals surface area contributed by atoms with Crippen molar-refractivity contribution in [2.75, 3.05) is 13.2 Å². The molecule has 0 unspecified atom stereocenters. The maximum atomic E-state index is 11.1. The fourth-order valence-corrected chi connectivity index (χ4v) is 1.80. The lowest BCUT2D eigenvalue weighted by Crippen LogP contribution is -3.00. The van der Waals surface area contributed by atoms with Crippen molar-refractivity contribution in [3.05, 3.63) is 64.5 Å². The average Bonchev–Trinajstić information content (AvgIpc) is 2.55. The SMILES string of the molecule is NC(=O)c1ccc[n+](COCCOc2ccc([N+](=O)[O-])cc2)c1.[Cl-]. The van der Waals surface area contributed by atoms with Crippen LogP contribution in [0, 0.1) is 10.1 Å². The van der Waals surface area contributed by atoms with Gasteiger partial charge in [0.25, 0.3) is 18.3 Å². The molecule has 1 heterocycles. The number of ether oxygens (including phenoxy) is 2. The molecule has 0 aliphatic heterocycles. The zero-order chi connectivity index (χ0) is 16.7. The molecule has 0 spiro atoms. The van der Waals surface area contributed by atoms with E-state index < -0.39 is 10.8 Å². The molecule has 128 valence electrons. The Morgan fingerprint density at radius 2 is 1.92 bits per heavy atom. The smallest absolute Gasteiger partial charge is 0.269 e. The Morgan fingerprint density at radius 1 is 1.21 bits per heavy atom. The lowest BCUT2D eigenvalue weighted by molar-refractivity contribution is -0.732. The number of carbonyl (C=O) groups excluding carboxylic acids is 1. The van der Waals surface area contributed by atoms with Gasteiger partial charge in [-0.15, -0.1) is 0 Å². The van der Waals surface area contributed by atoms with Crippen LogP contribution >= 0.6 is 0 Å². The zero-order valence-corrected chi connectivity index (χ0v) is 13.4. The molecule has 1 amide bonds. The van der Waals surface area contributed by atoms with Crippen LogP contribution < -0.4 is 27.4 Å². The van der Waals surface area contributed by atoms with Gasteiger partial charge < -0.3 is 27.6 Å². The summed E-state index contributed by atoms with van der Waals surface area (Å²) in [5.41, 5.74) is 5.61. The standard InChI is InChI=1S/C15H15N3O5.ClH/c16-15(19)12-2-1-7-17(10-12)11-22-8-9-23-14-5-3-13(4-6-14)18(20)21;/h1-7,10H,8-9,11H2,(H-,16,19);1H. The first-order valence-electron chi connectivity index (χ1n) is 6.80. The van der Waals surface area contributed by atoms with E-state index in [1.54, 1.807) is 29.1 Å². The van der Waals surface area contributed by atoms with Gasteiger partial charge in [-0.2, -0.15) is 4.57 Å². The molecule has 0 fully saturated rings. The maximum Gasteiger partial charge on any atom is 0.269 e. The van der Waals surface area contributed by atoms with Crippen molar-refractivity contribution in [1.29, 1.82) is 0 Å². The highest BCUT2D eigenvalue weighted by Gasteiger charge is 2.07. The number of amides is 1. The summed E-state index contributed by atoms with van der Waals surface area (Å²) in [6.45, 7) is 0.878. The third-order valence-corrected chi connectivity index (χ3v) is 2.93. The Kier molecular flexibility index (Phi) is 7.60. The second kappa shape index (κ2) is 9.43. The van der Waals surface area contributed by atoms with E-state index in [1.807, 2.05) is 0 Å². The van der Waals surface area contributed by atoms with Gasteiger partial charge in [-0.1, -0.05) is 0 Å². The monoisotopic (exact) mass is 353 g/mol. The minimum absolute atomic E-state index is 0. The molecule has 0 atom stereocenters. The van der Waals surface area contributed by atoms with E-state index in [0.29, 0.717) is 24.5 Å². The van der Waals surface area contributed by atoms with E-state index in [4.69, 9.17) is 15.2 Å². The molecule has 0 radical (unpaired) electrons. The van der Waals surface area contributed by atoms with Gasteiger partial charge in [0.2, 0.25) is 0 Å². The van der Waals surface area contributed by atoms with Gasteiger partial charge in [0.05, 0.1) is 11.5 Å². The number of rotatable bonds is 8. The lowest BCUT2D eigenvalue weighted by atomic mass is 10.3. The van der Waals surface area contributed by atoms with E-state index in [1.165, 1.54) is 24.3 Å². The van der Waals surface area contributed by atoms with Crippen LogP contribution in [0.2, 0.25) is 0 Å². The van der Waals surface area contributed by atoms with Gasteiger partial charge in [0.15, 0.2) is 12.4 Å². The third-order valence-electron chi connectivity index (χ3n) is 2.93. The Balaban J connectivity index is 0.00000288. The van der Waals surface area contributed by atoms with E-state index >= 15 is 0 Å². The number of carbonyl (C=O) groups is 1. The number of hydrogen-bond donors (Lipinski definition) is 1. The van der Waals surface area contributed by atoms with Gasteiger partial charge in [0, 0.05) is 18.2 Å².